The van der Waals surface area contributed by atoms with Crippen molar-refractivity contribution in [2.45, 2.75) is 52.1 Å². The minimum absolute atomic E-state index is 0.325. The molecule has 1 aliphatic carbocycles. The third-order valence-electron chi connectivity index (χ3n) is 4.80. The first-order chi connectivity index (χ1) is 10.0. The maximum absolute atomic E-state index is 5.40. The molecule has 0 bridgehead atoms. The molecule has 4 atom stereocenters. The van der Waals surface area contributed by atoms with Crippen LogP contribution in [0.5, 0.6) is 11.5 Å². The summed E-state index contributed by atoms with van der Waals surface area (Å²) in [5, 5.41) is 3.80. The van der Waals surface area contributed by atoms with Crippen LogP contribution in [0.2, 0.25) is 0 Å². The Bertz CT molecular complexity index is 461. The smallest absolute Gasteiger partial charge is 0.161 e. The Balaban J connectivity index is 2.04. The molecule has 1 N–H and O–H groups in total. The van der Waals surface area contributed by atoms with Gasteiger partial charge >= 0.3 is 0 Å². The Morgan fingerprint density at radius 2 is 1.81 bits per heavy atom. The topological polar surface area (TPSA) is 30.5 Å². The fourth-order valence-electron chi connectivity index (χ4n) is 3.45. The number of nitrogens with one attached hydrogen (secondary N) is 1. The molecule has 0 radical (unpaired) electrons. The number of benzene rings is 1. The second-order valence-corrected chi connectivity index (χ2v) is 6.50. The fourth-order valence-corrected chi connectivity index (χ4v) is 3.45. The molecule has 1 aromatic carbocycles. The Morgan fingerprint density at radius 1 is 1.10 bits per heavy atom. The lowest BCUT2D eigenvalue weighted by Crippen LogP contribution is -2.40. The second-order valence-electron chi connectivity index (χ2n) is 6.50. The molecule has 0 heterocycles. The second kappa shape index (κ2) is 7.17. The maximum Gasteiger partial charge on any atom is 0.161 e. The quantitative estimate of drug-likeness (QED) is 0.883. The van der Waals surface area contributed by atoms with E-state index in [0.717, 1.165) is 23.3 Å². The SMILES string of the molecule is COc1ccc(C(C)NC2CCC(C)CC2C)cc1OC. The van der Waals surface area contributed by atoms with E-state index in [2.05, 4.69) is 38.2 Å². The molecule has 3 heteroatoms. The highest BCUT2D eigenvalue weighted by Gasteiger charge is 2.26. The van der Waals surface area contributed by atoms with Crippen LogP contribution in [-0.4, -0.2) is 20.3 Å². The summed E-state index contributed by atoms with van der Waals surface area (Å²) in [4.78, 5) is 0. The lowest BCUT2D eigenvalue weighted by molar-refractivity contribution is 0.216. The van der Waals surface area contributed by atoms with Gasteiger partial charge in [-0.05, 0) is 55.7 Å². The summed E-state index contributed by atoms with van der Waals surface area (Å²) in [7, 11) is 3.36. The van der Waals surface area contributed by atoms with Gasteiger partial charge in [0.15, 0.2) is 11.5 Å². The van der Waals surface area contributed by atoms with Crippen LogP contribution in [0.15, 0.2) is 18.2 Å². The third kappa shape index (κ3) is 3.91. The average molecular weight is 291 g/mol. The van der Waals surface area contributed by atoms with Gasteiger partial charge in [0.1, 0.15) is 0 Å². The first-order valence-electron chi connectivity index (χ1n) is 8.03. The molecule has 1 saturated carbocycles. The van der Waals surface area contributed by atoms with E-state index in [9.17, 15) is 0 Å². The van der Waals surface area contributed by atoms with Crippen molar-refractivity contribution < 1.29 is 9.47 Å². The average Bonchev–Trinajstić information content (AvgIpc) is 2.49. The van der Waals surface area contributed by atoms with E-state index >= 15 is 0 Å². The van der Waals surface area contributed by atoms with Gasteiger partial charge < -0.3 is 14.8 Å². The molecular weight excluding hydrogens is 262 g/mol. The molecule has 0 aromatic heterocycles. The summed E-state index contributed by atoms with van der Waals surface area (Å²) in [6.07, 6.45) is 3.94. The van der Waals surface area contributed by atoms with Crippen molar-refractivity contribution in [1.82, 2.24) is 5.32 Å². The predicted octanol–water partition coefficient (Wildman–Crippen LogP) is 4.18. The molecule has 1 aliphatic rings. The third-order valence-corrected chi connectivity index (χ3v) is 4.80. The summed E-state index contributed by atoms with van der Waals surface area (Å²) < 4.78 is 10.7. The standard InChI is InChI=1S/C18H29NO2/c1-12-6-8-16(13(2)10-12)19-14(3)15-7-9-17(20-4)18(11-15)21-5/h7,9,11-14,16,19H,6,8,10H2,1-5H3. The van der Waals surface area contributed by atoms with Crippen LogP contribution in [0, 0.1) is 11.8 Å². The van der Waals surface area contributed by atoms with Crippen LogP contribution < -0.4 is 14.8 Å². The lowest BCUT2D eigenvalue weighted by Gasteiger charge is -2.35. The first kappa shape index (κ1) is 16.2. The summed E-state index contributed by atoms with van der Waals surface area (Å²) in [6, 6.07) is 7.12. The lowest BCUT2D eigenvalue weighted by atomic mass is 9.79. The Hall–Kier alpha value is -1.22. The van der Waals surface area contributed by atoms with Gasteiger partial charge in [0.2, 0.25) is 0 Å². The largest absolute Gasteiger partial charge is 0.493 e. The molecule has 1 fully saturated rings. The number of hydrogen-bond donors (Lipinski definition) is 1. The van der Waals surface area contributed by atoms with Crippen LogP contribution >= 0.6 is 0 Å². The van der Waals surface area contributed by atoms with E-state index in [4.69, 9.17) is 9.47 Å². The normalized spacial score (nSPS) is 27.2. The molecule has 1 aromatic rings. The van der Waals surface area contributed by atoms with Gasteiger partial charge in [-0.25, -0.2) is 0 Å². The van der Waals surface area contributed by atoms with Gasteiger partial charge in [0, 0.05) is 12.1 Å². The van der Waals surface area contributed by atoms with Gasteiger partial charge in [-0.2, -0.15) is 0 Å². The molecule has 0 aliphatic heterocycles. The van der Waals surface area contributed by atoms with Gasteiger partial charge in [0.05, 0.1) is 14.2 Å². The maximum atomic E-state index is 5.40. The van der Waals surface area contributed by atoms with E-state index < -0.39 is 0 Å². The van der Waals surface area contributed by atoms with E-state index in [1.807, 2.05) is 6.07 Å². The Kier molecular flexibility index (Phi) is 5.51. The zero-order valence-corrected chi connectivity index (χ0v) is 14.0. The van der Waals surface area contributed by atoms with Crippen molar-refractivity contribution in [3.63, 3.8) is 0 Å². The van der Waals surface area contributed by atoms with Crippen LogP contribution in [0.4, 0.5) is 0 Å². The molecule has 0 saturated heterocycles. The minimum atomic E-state index is 0.325. The Morgan fingerprint density at radius 3 is 2.43 bits per heavy atom. The highest BCUT2D eigenvalue weighted by molar-refractivity contribution is 5.43. The van der Waals surface area contributed by atoms with Crippen molar-refractivity contribution in [2.75, 3.05) is 14.2 Å². The highest BCUT2D eigenvalue weighted by Crippen LogP contribution is 2.32. The van der Waals surface area contributed by atoms with E-state index in [-0.39, 0.29) is 0 Å². The minimum Gasteiger partial charge on any atom is -0.493 e. The number of ether oxygens (including phenoxy) is 2. The van der Waals surface area contributed by atoms with E-state index in [0.29, 0.717) is 12.1 Å². The Labute approximate surface area is 129 Å². The summed E-state index contributed by atoms with van der Waals surface area (Å²) in [6.45, 7) is 6.96. The zero-order valence-electron chi connectivity index (χ0n) is 14.0. The van der Waals surface area contributed by atoms with E-state index in [1.54, 1.807) is 14.2 Å². The first-order valence-corrected chi connectivity index (χ1v) is 8.03. The summed E-state index contributed by atoms with van der Waals surface area (Å²) in [5.41, 5.74) is 1.25. The van der Waals surface area contributed by atoms with Crippen molar-refractivity contribution in [1.29, 1.82) is 0 Å². The summed E-state index contributed by atoms with van der Waals surface area (Å²) in [5.74, 6) is 3.20. The van der Waals surface area contributed by atoms with Gasteiger partial charge in [-0.15, -0.1) is 0 Å². The number of rotatable bonds is 5. The fraction of sp³-hybridized carbons (Fsp3) is 0.667. The molecule has 118 valence electrons. The van der Waals surface area contributed by atoms with Crippen LogP contribution in [0.1, 0.15) is 51.6 Å². The number of methoxy groups -OCH3 is 2. The summed E-state index contributed by atoms with van der Waals surface area (Å²) >= 11 is 0. The predicted molar refractivity (Wildman–Crippen MR) is 87.1 cm³/mol. The van der Waals surface area contributed by atoms with Gasteiger partial charge in [-0.1, -0.05) is 19.9 Å². The van der Waals surface area contributed by atoms with Crippen LogP contribution in [0.25, 0.3) is 0 Å². The molecule has 21 heavy (non-hydrogen) atoms. The van der Waals surface area contributed by atoms with Crippen molar-refractivity contribution in [3.05, 3.63) is 23.8 Å². The molecule has 4 unspecified atom stereocenters. The van der Waals surface area contributed by atoms with Gasteiger partial charge in [0.25, 0.3) is 0 Å². The zero-order chi connectivity index (χ0) is 15.4. The van der Waals surface area contributed by atoms with E-state index in [1.165, 1.54) is 24.8 Å². The molecular formula is C18H29NO2. The van der Waals surface area contributed by atoms with Crippen molar-refractivity contribution >= 4 is 0 Å². The van der Waals surface area contributed by atoms with Crippen LogP contribution in [0.3, 0.4) is 0 Å². The number of hydrogen-bond acceptors (Lipinski definition) is 3. The molecule has 3 nitrogen and oxygen atoms in total. The molecule has 0 spiro atoms. The van der Waals surface area contributed by atoms with Crippen molar-refractivity contribution in [3.8, 4) is 11.5 Å². The van der Waals surface area contributed by atoms with Crippen molar-refractivity contribution in [2.24, 2.45) is 11.8 Å². The van der Waals surface area contributed by atoms with Crippen LogP contribution in [-0.2, 0) is 0 Å². The molecule has 2 rings (SSSR count). The highest BCUT2D eigenvalue weighted by atomic mass is 16.5. The monoisotopic (exact) mass is 291 g/mol. The van der Waals surface area contributed by atoms with Gasteiger partial charge in [-0.3, -0.25) is 0 Å². The molecule has 0 amide bonds.